The van der Waals surface area contributed by atoms with Crippen LogP contribution >= 0.6 is 0 Å². The zero-order valence-corrected chi connectivity index (χ0v) is 12.3. The maximum Gasteiger partial charge on any atom is 0.215 e. The molecule has 1 heterocycles. The number of rotatable bonds is 10. The zero-order chi connectivity index (χ0) is 15.7. The largest absolute Gasteiger partial charge is 0.357 e. The Bertz CT molecular complexity index is 493. The van der Waals surface area contributed by atoms with Crippen molar-refractivity contribution in [2.24, 2.45) is 0 Å². The molecule has 1 rings (SSSR count). The lowest BCUT2D eigenvalue weighted by molar-refractivity contribution is -0.109. The summed E-state index contributed by atoms with van der Waals surface area (Å²) < 4.78 is 0. The van der Waals surface area contributed by atoms with Gasteiger partial charge >= 0.3 is 0 Å². The number of likely N-dealkylation sites (N-methyl/N-ethyl adjacent to an activating group) is 1. The SMILES string of the molecule is CN(CCNC=O)CCc1ccc(N(C)C=O)nc1C=O. The molecule has 7 nitrogen and oxygen atoms in total. The second kappa shape index (κ2) is 8.80. The van der Waals surface area contributed by atoms with Gasteiger partial charge in [0.1, 0.15) is 11.5 Å². The molecule has 0 unspecified atom stereocenters. The van der Waals surface area contributed by atoms with E-state index in [0.29, 0.717) is 43.6 Å². The van der Waals surface area contributed by atoms with Gasteiger partial charge in [-0.2, -0.15) is 0 Å². The molecule has 0 aliphatic rings. The van der Waals surface area contributed by atoms with Crippen LogP contribution in [0.4, 0.5) is 5.82 Å². The molecule has 1 N–H and O–H groups in total. The summed E-state index contributed by atoms with van der Waals surface area (Å²) in [5, 5.41) is 2.60. The number of aldehydes is 1. The third-order valence-electron chi connectivity index (χ3n) is 3.11. The van der Waals surface area contributed by atoms with Gasteiger partial charge in [0.05, 0.1) is 0 Å². The van der Waals surface area contributed by atoms with E-state index in [-0.39, 0.29) is 0 Å². The van der Waals surface area contributed by atoms with E-state index in [2.05, 4.69) is 15.2 Å². The molecule has 2 amide bonds. The van der Waals surface area contributed by atoms with E-state index in [1.54, 1.807) is 13.1 Å². The number of anilines is 1. The van der Waals surface area contributed by atoms with E-state index in [9.17, 15) is 14.4 Å². The summed E-state index contributed by atoms with van der Waals surface area (Å²) in [5.41, 5.74) is 1.18. The van der Waals surface area contributed by atoms with Gasteiger partial charge in [0.25, 0.3) is 0 Å². The number of carbonyl (C=O) groups excluding carboxylic acids is 3. The Hall–Kier alpha value is -2.28. The highest BCUT2D eigenvalue weighted by Gasteiger charge is 2.09. The number of pyridine rings is 1. The molecule has 114 valence electrons. The Balaban J connectivity index is 2.64. The van der Waals surface area contributed by atoms with E-state index >= 15 is 0 Å². The predicted octanol–water partition coefficient (Wildman–Crippen LogP) is -0.293. The van der Waals surface area contributed by atoms with Crippen LogP contribution in [0.3, 0.4) is 0 Å². The van der Waals surface area contributed by atoms with Gasteiger partial charge in [-0.3, -0.25) is 14.4 Å². The first kappa shape index (κ1) is 16.8. The van der Waals surface area contributed by atoms with Crippen LogP contribution in [0.15, 0.2) is 12.1 Å². The van der Waals surface area contributed by atoms with E-state index in [0.717, 1.165) is 18.7 Å². The molecular weight excluding hydrogens is 272 g/mol. The number of nitrogens with zero attached hydrogens (tertiary/aromatic N) is 3. The molecule has 21 heavy (non-hydrogen) atoms. The van der Waals surface area contributed by atoms with Crippen molar-refractivity contribution in [3.63, 3.8) is 0 Å². The van der Waals surface area contributed by atoms with Gasteiger partial charge in [-0.1, -0.05) is 6.07 Å². The maximum absolute atomic E-state index is 11.1. The average molecular weight is 292 g/mol. The van der Waals surface area contributed by atoms with Gasteiger partial charge < -0.3 is 15.1 Å². The van der Waals surface area contributed by atoms with E-state index in [4.69, 9.17) is 0 Å². The summed E-state index contributed by atoms with van der Waals surface area (Å²) in [5.74, 6) is 0.444. The fraction of sp³-hybridized carbons (Fsp3) is 0.429. The van der Waals surface area contributed by atoms with Crippen molar-refractivity contribution in [3.05, 3.63) is 23.4 Å². The minimum Gasteiger partial charge on any atom is -0.357 e. The van der Waals surface area contributed by atoms with Crippen LogP contribution in [-0.4, -0.2) is 62.7 Å². The summed E-state index contributed by atoms with van der Waals surface area (Å²) in [7, 11) is 3.52. The van der Waals surface area contributed by atoms with Crippen molar-refractivity contribution in [1.82, 2.24) is 15.2 Å². The maximum atomic E-state index is 11.1. The van der Waals surface area contributed by atoms with Gasteiger partial charge in [0, 0.05) is 26.7 Å². The molecule has 0 aliphatic heterocycles. The van der Waals surface area contributed by atoms with Crippen molar-refractivity contribution in [2.75, 3.05) is 38.6 Å². The van der Waals surface area contributed by atoms with Crippen molar-refractivity contribution in [3.8, 4) is 0 Å². The molecule has 0 radical (unpaired) electrons. The van der Waals surface area contributed by atoms with Crippen LogP contribution in [-0.2, 0) is 16.0 Å². The molecule has 0 saturated carbocycles. The van der Waals surface area contributed by atoms with Gasteiger partial charge in [0.15, 0.2) is 6.29 Å². The molecule has 1 aromatic rings. The number of hydrogen-bond acceptors (Lipinski definition) is 5. The molecule has 0 bridgehead atoms. The standard InChI is InChI=1S/C14H20N4O3/c1-17(8-6-15-10-20)7-5-12-3-4-14(18(2)11-21)16-13(12)9-19/h3-4,9-11H,5-8H2,1-2H3,(H,15,20). The molecule has 0 fully saturated rings. The quantitative estimate of drug-likeness (QED) is 0.473. The predicted molar refractivity (Wildman–Crippen MR) is 79.4 cm³/mol. The fourth-order valence-corrected chi connectivity index (χ4v) is 1.79. The highest BCUT2D eigenvalue weighted by molar-refractivity contribution is 5.78. The second-order valence-electron chi connectivity index (χ2n) is 4.67. The van der Waals surface area contributed by atoms with Crippen molar-refractivity contribution in [1.29, 1.82) is 0 Å². The number of carbonyl (C=O) groups is 3. The van der Waals surface area contributed by atoms with Gasteiger partial charge in [0.2, 0.25) is 12.8 Å². The summed E-state index contributed by atoms with van der Waals surface area (Å²) >= 11 is 0. The molecule has 0 atom stereocenters. The minimum atomic E-state index is 0.348. The summed E-state index contributed by atoms with van der Waals surface area (Å²) in [6.07, 6.45) is 2.68. The lowest BCUT2D eigenvalue weighted by Gasteiger charge is -2.17. The summed E-state index contributed by atoms with van der Waals surface area (Å²) in [4.78, 5) is 39.5. The van der Waals surface area contributed by atoms with Gasteiger partial charge in [-0.05, 0) is 25.1 Å². The van der Waals surface area contributed by atoms with E-state index < -0.39 is 0 Å². The number of aromatic nitrogens is 1. The smallest absolute Gasteiger partial charge is 0.215 e. The first-order chi connectivity index (χ1) is 10.1. The average Bonchev–Trinajstić information content (AvgIpc) is 2.52. The van der Waals surface area contributed by atoms with Crippen LogP contribution < -0.4 is 10.2 Å². The van der Waals surface area contributed by atoms with Crippen LogP contribution in [0.2, 0.25) is 0 Å². The van der Waals surface area contributed by atoms with Crippen molar-refractivity contribution >= 4 is 24.9 Å². The van der Waals surface area contributed by atoms with Crippen molar-refractivity contribution < 1.29 is 14.4 Å². The van der Waals surface area contributed by atoms with Crippen LogP contribution in [0.25, 0.3) is 0 Å². The zero-order valence-electron chi connectivity index (χ0n) is 12.3. The van der Waals surface area contributed by atoms with Gasteiger partial charge in [-0.25, -0.2) is 4.98 Å². The highest BCUT2D eigenvalue weighted by atomic mass is 16.1. The normalized spacial score (nSPS) is 10.2. The lowest BCUT2D eigenvalue weighted by Crippen LogP contribution is -2.30. The first-order valence-electron chi connectivity index (χ1n) is 6.61. The van der Waals surface area contributed by atoms with Crippen molar-refractivity contribution in [2.45, 2.75) is 6.42 Å². The molecule has 1 aromatic heterocycles. The number of amides is 2. The fourth-order valence-electron chi connectivity index (χ4n) is 1.79. The Morgan fingerprint density at radius 2 is 1.95 bits per heavy atom. The minimum absolute atomic E-state index is 0.348. The molecular formula is C14H20N4O3. The third kappa shape index (κ3) is 5.31. The van der Waals surface area contributed by atoms with E-state index in [1.165, 1.54) is 4.90 Å². The highest BCUT2D eigenvalue weighted by Crippen LogP contribution is 2.13. The third-order valence-corrected chi connectivity index (χ3v) is 3.11. The molecule has 0 spiro atoms. The Morgan fingerprint density at radius 3 is 2.57 bits per heavy atom. The van der Waals surface area contributed by atoms with Gasteiger partial charge in [-0.15, -0.1) is 0 Å². The molecule has 0 saturated heterocycles. The summed E-state index contributed by atoms with van der Waals surface area (Å²) in [6.45, 7) is 2.06. The van der Waals surface area contributed by atoms with E-state index in [1.807, 2.05) is 13.1 Å². The first-order valence-corrected chi connectivity index (χ1v) is 6.61. The molecule has 7 heteroatoms. The molecule has 0 aromatic carbocycles. The molecule has 0 aliphatic carbocycles. The lowest BCUT2D eigenvalue weighted by atomic mass is 10.1. The Morgan fingerprint density at radius 1 is 1.19 bits per heavy atom. The Labute approximate surface area is 123 Å². The number of nitrogens with one attached hydrogen (secondary N) is 1. The topological polar surface area (TPSA) is 82.6 Å². The Kier molecular flexibility index (Phi) is 7.03. The monoisotopic (exact) mass is 292 g/mol. The summed E-state index contributed by atoms with van der Waals surface area (Å²) in [6, 6.07) is 3.52. The van der Waals surface area contributed by atoms with Crippen LogP contribution in [0.5, 0.6) is 0 Å². The van der Waals surface area contributed by atoms with Crippen LogP contribution in [0.1, 0.15) is 16.1 Å². The number of hydrogen-bond donors (Lipinski definition) is 1. The second-order valence-corrected chi connectivity index (χ2v) is 4.67. The van der Waals surface area contributed by atoms with Crippen LogP contribution in [0, 0.1) is 0 Å².